The predicted octanol–water partition coefficient (Wildman–Crippen LogP) is 2.07. The van der Waals surface area contributed by atoms with Crippen molar-refractivity contribution in [2.45, 2.75) is 31.2 Å². The highest BCUT2D eigenvalue weighted by Crippen LogP contribution is 2.17. The van der Waals surface area contributed by atoms with Gasteiger partial charge in [-0.15, -0.1) is 11.8 Å². The van der Waals surface area contributed by atoms with E-state index in [2.05, 4.69) is 5.32 Å². The first-order valence-electron chi connectivity index (χ1n) is 5.74. The molecule has 2 N–H and O–H groups in total. The number of carbonyl (C=O) groups excluding carboxylic acids is 1. The first-order valence-corrected chi connectivity index (χ1v) is 6.73. The summed E-state index contributed by atoms with van der Waals surface area (Å²) in [6, 6.07) is 7.05. The molecule has 1 amide bonds. The van der Waals surface area contributed by atoms with Crippen molar-refractivity contribution in [1.82, 2.24) is 5.32 Å². The van der Waals surface area contributed by atoms with Gasteiger partial charge < -0.3 is 10.4 Å². The van der Waals surface area contributed by atoms with Crippen molar-refractivity contribution in [3.05, 3.63) is 29.8 Å². The molecule has 0 aliphatic heterocycles. The number of aryl methyl sites for hydroxylation is 1. The first-order chi connectivity index (χ1) is 8.52. The molecular formula is C13H17NO3S. The highest BCUT2D eigenvalue weighted by molar-refractivity contribution is 8.00. The molecule has 0 aromatic heterocycles. The molecule has 5 heteroatoms. The van der Waals surface area contributed by atoms with E-state index < -0.39 is 12.0 Å². The average Bonchev–Trinajstić information content (AvgIpc) is 2.35. The SMILES string of the molecule is CCC(NC(=O)CSc1ccc(C)cc1)C(=O)O. The fraction of sp³-hybridized carbons (Fsp3) is 0.385. The zero-order valence-electron chi connectivity index (χ0n) is 10.5. The summed E-state index contributed by atoms with van der Waals surface area (Å²) in [5.41, 5.74) is 1.17. The van der Waals surface area contributed by atoms with E-state index in [0.29, 0.717) is 6.42 Å². The largest absolute Gasteiger partial charge is 0.480 e. The van der Waals surface area contributed by atoms with Crippen molar-refractivity contribution in [2.75, 3.05) is 5.75 Å². The molecule has 0 saturated carbocycles. The van der Waals surface area contributed by atoms with Gasteiger partial charge in [0.25, 0.3) is 0 Å². The topological polar surface area (TPSA) is 66.4 Å². The number of carboxylic acid groups (broad SMARTS) is 1. The van der Waals surface area contributed by atoms with Crippen LogP contribution >= 0.6 is 11.8 Å². The lowest BCUT2D eigenvalue weighted by Crippen LogP contribution is -2.41. The van der Waals surface area contributed by atoms with E-state index in [1.807, 2.05) is 31.2 Å². The Morgan fingerprint density at radius 2 is 1.94 bits per heavy atom. The Kier molecular flexibility index (Phi) is 5.71. The minimum Gasteiger partial charge on any atom is -0.480 e. The number of aliphatic carboxylic acids is 1. The molecule has 0 spiro atoms. The summed E-state index contributed by atoms with van der Waals surface area (Å²) in [5, 5.41) is 11.3. The quantitative estimate of drug-likeness (QED) is 0.774. The van der Waals surface area contributed by atoms with Gasteiger partial charge >= 0.3 is 5.97 Å². The number of carboxylic acids is 1. The van der Waals surface area contributed by atoms with Crippen LogP contribution in [0.3, 0.4) is 0 Å². The van der Waals surface area contributed by atoms with Gasteiger partial charge in [-0.05, 0) is 25.5 Å². The third-order valence-corrected chi connectivity index (χ3v) is 3.44. The molecule has 1 unspecified atom stereocenters. The molecule has 0 bridgehead atoms. The van der Waals surface area contributed by atoms with Crippen LogP contribution < -0.4 is 5.32 Å². The summed E-state index contributed by atoms with van der Waals surface area (Å²) in [6.07, 6.45) is 0.385. The maximum atomic E-state index is 11.6. The van der Waals surface area contributed by atoms with Crippen LogP contribution in [-0.2, 0) is 9.59 Å². The highest BCUT2D eigenvalue weighted by atomic mass is 32.2. The van der Waals surface area contributed by atoms with Crippen molar-refractivity contribution < 1.29 is 14.7 Å². The van der Waals surface area contributed by atoms with E-state index in [1.165, 1.54) is 17.3 Å². The molecule has 4 nitrogen and oxygen atoms in total. The normalized spacial score (nSPS) is 11.9. The van der Waals surface area contributed by atoms with Gasteiger partial charge in [0, 0.05) is 4.90 Å². The number of rotatable bonds is 6. The summed E-state index contributed by atoms with van der Waals surface area (Å²) >= 11 is 1.40. The number of benzene rings is 1. The number of thioether (sulfide) groups is 1. The lowest BCUT2D eigenvalue weighted by Gasteiger charge is -2.11. The van der Waals surface area contributed by atoms with Gasteiger partial charge in [0.1, 0.15) is 6.04 Å². The maximum Gasteiger partial charge on any atom is 0.326 e. The molecule has 1 atom stereocenters. The maximum absolute atomic E-state index is 11.6. The Morgan fingerprint density at radius 3 is 2.44 bits per heavy atom. The zero-order valence-corrected chi connectivity index (χ0v) is 11.3. The van der Waals surface area contributed by atoms with Crippen molar-refractivity contribution >= 4 is 23.6 Å². The monoisotopic (exact) mass is 267 g/mol. The Balaban J connectivity index is 2.41. The molecule has 1 aromatic rings. The summed E-state index contributed by atoms with van der Waals surface area (Å²) < 4.78 is 0. The number of amides is 1. The highest BCUT2D eigenvalue weighted by Gasteiger charge is 2.17. The standard InChI is InChI=1S/C13H17NO3S/c1-3-11(13(16)17)14-12(15)8-18-10-6-4-9(2)5-7-10/h4-7,11H,3,8H2,1-2H3,(H,14,15)(H,16,17). The smallest absolute Gasteiger partial charge is 0.326 e. The lowest BCUT2D eigenvalue weighted by molar-refractivity contribution is -0.141. The number of carbonyl (C=O) groups is 2. The third kappa shape index (κ3) is 4.79. The molecule has 1 rings (SSSR count). The molecule has 0 aliphatic rings. The van der Waals surface area contributed by atoms with E-state index in [-0.39, 0.29) is 11.7 Å². The molecule has 0 aliphatic carbocycles. The fourth-order valence-electron chi connectivity index (χ4n) is 1.36. The fourth-order valence-corrected chi connectivity index (χ4v) is 2.07. The number of hydrogen-bond acceptors (Lipinski definition) is 3. The van der Waals surface area contributed by atoms with Gasteiger partial charge in [0.2, 0.25) is 5.91 Å². The molecule has 98 valence electrons. The first kappa shape index (κ1) is 14.6. The van der Waals surface area contributed by atoms with Crippen LogP contribution in [0.5, 0.6) is 0 Å². The van der Waals surface area contributed by atoms with Crippen molar-refractivity contribution in [1.29, 1.82) is 0 Å². The lowest BCUT2D eigenvalue weighted by atomic mass is 10.2. The Morgan fingerprint density at radius 1 is 1.33 bits per heavy atom. The minimum absolute atomic E-state index is 0.229. The van der Waals surface area contributed by atoms with E-state index >= 15 is 0 Å². The Bertz CT molecular complexity index is 417. The summed E-state index contributed by atoms with van der Waals surface area (Å²) in [5.74, 6) is -1.02. The second-order valence-electron chi connectivity index (χ2n) is 3.97. The van der Waals surface area contributed by atoms with Crippen LogP contribution in [-0.4, -0.2) is 28.8 Å². The molecule has 0 fully saturated rings. The molecular weight excluding hydrogens is 250 g/mol. The molecule has 0 heterocycles. The number of hydrogen-bond donors (Lipinski definition) is 2. The Hall–Kier alpha value is -1.49. The van der Waals surface area contributed by atoms with Crippen LogP contribution in [0, 0.1) is 6.92 Å². The summed E-state index contributed by atoms with van der Waals surface area (Å²) in [4.78, 5) is 23.3. The van der Waals surface area contributed by atoms with E-state index in [1.54, 1.807) is 6.92 Å². The van der Waals surface area contributed by atoms with Crippen LogP contribution in [0.4, 0.5) is 0 Å². The van der Waals surface area contributed by atoms with E-state index in [9.17, 15) is 9.59 Å². The average molecular weight is 267 g/mol. The predicted molar refractivity (Wildman–Crippen MR) is 71.8 cm³/mol. The van der Waals surface area contributed by atoms with Gasteiger partial charge in [-0.25, -0.2) is 4.79 Å². The van der Waals surface area contributed by atoms with Crippen LogP contribution in [0.25, 0.3) is 0 Å². The summed E-state index contributed by atoms with van der Waals surface area (Å²) in [7, 11) is 0. The van der Waals surface area contributed by atoms with Gasteiger partial charge in [-0.3, -0.25) is 4.79 Å². The van der Waals surface area contributed by atoms with Crippen LogP contribution in [0.15, 0.2) is 29.2 Å². The van der Waals surface area contributed by atoms with Crippen molar-refractivity contribution in [3.8, 4) is 0 Å². The number of nitrogens with one attached hydrogen (secondary N) is 1. The van der Waals surface area contributed by atoms with Crippen LogP contribution in [0.2, 0.25) is 0 Å². The van der Waals surface area contributed by atoms with Gasteiger partial charge in [0.15, 0.2) is 0 Å². The van der Waals surface area contributed by atoms with Gasteiger partial charge in [0.05, 0.1) is 5.75 Å². The molecule has 18 heavy (non-hydrogen) atoms. The second-order valence-corrected chi connectivity index (χ2v) is 5.02. The van der Waals surface area contributed by atoms with Crippen LogP contribution in [0.1, 0.15) is 18.9 Å². The van der Waals surface area contributed by atoms with Crippen molar-refractivity contribution in [3.63, 3.8) is 0 Å². The third-order valence-electron chi connectivity index (χ3n) is 2.43. The molecule has 0 radical (unpaired) electrons. The van der Waals surface area contributed by atoms with Gasteiger partial charge in [-0.2, -0.15) is 0 Å². The minimum atomic E-state index is -0.994. The van der Waals surface area contributed by atoms with E-state index in [0.717, 1.165) is 4.90 Å². The van der Waals surface area contributed by atoms with Gasteiger partial charge in [-0.1, -0.05) is 24.6 Å². The zero-order chi connectivity index (χ0) is 13.5. The van der Waals surface area contributed by atoms with E-state index in [4.69, 9.17) is 5.11 Å². The molecule has 0 saturated heterocycles. The van der Waals surface area contributed by atoms with Crippen molar-refractivity contribution in [2.24, 2.45) is 0 Å². The summed E-state index contributed by atoms with van der Waals surface area (Å²) in [6.45, 7) is 3.73. The Labute approximate surface area is 111 Å². The second kappa shape index (κ2) is 7.06. The molecule has 1 aromatic carbocycles.